The molecule has 0 aliphatic rings. The van der Waals surface area contributed by atoms with Crippen molar-refractivity contribution in [2.45, 2.75) is 25.5 Å². The van der Waals surface area contributed by atoms with Gasteiger partial charge in [-0.1, -0.05) is 6.92 Å². The summed E-state index contributed by atoms with van der Waals surface area (Å²) < 4.78 is 11.2. The van der Waals surface area contributed by atoms with E-state index < -0.39 is 10.8 Å². The van der Waals surface area contributed by atoms with E-state index in [9.17, 15) is 9.00 Å². The number of nitrogen functional groups attached to an aromatic ring is 1. The largest absolute Gasteiger partial charge is 0.397 e. The lowest BCUT2D eigenvalue weighted by Gasteiger charge is -2.13. The number of benzene rings is 1. The van der Waals surface area contributed by atoms with Crippen molar-refractivity contribution in [3.05, 3.63) is 23.8 Å². The van der Waals surface area contributed by atoms with E-state index in [0.717, 1.165) is 12.1 Å². The van der Waals surface area contributed by atoms with Gasteiger partial charge in [0.25, 0.3) is 5.91 Å². The molecule has 0 aromatic heterocycles. The fraction of sp³-hybridized carbons (Fsp3) is 0.500. The van der Waals surface area contributed by atoms with Crippen molar-refractivity contribution in [2.24, 2.45) is 0 Å². The SMILES string of the molecule is CCNC(=O)c1ccc(NCCC(C)S(C)=O)c(N)c1. The maximum atomic E-state index is 11.7. The third-order valence-corrected chi connectivity index (χ3v) is 4.45. The second-order valence-electron chi connectivity index (χ2n) is 4.69. The van der Waals surface area contributed by atoms with Crippen LogP contribution in [0, 0.1) is 0 Å². The molecule has 0 aliphatic heterocycles. The Balaban J connectivity index is 2.60. The average molecular weight is 297 g/mol. The maximum Gasteiger partial charge on any atom is 0.251 e. The summed E-state index contributed by atoms with van der Waals surface area (Å²) in [4.78, 5) is 11.7. The summed E-state index contributed by atoms with van der Waals surface area (Å²) in [5, 5.41) is 6.09. The van der Waals surface area contributed by atoms with E-state index in [1.54, 1.807) is 24.5 Å². The molecule has 5 nitrogen and oxygen atoms in total. The lowest BCUT2D eigenvalue weighted by atomic mass is 10.1. The second kappa shape index (κ2) is 7.89. The highest BCUT2D eigenvalue weighted by atomic mass is 32.2. The summed E-state index contributed by atoms with van der Waals surface area (Å²) >= 11 is 0. The van der Waals surface area contributed by atoms with Gasteiger partial charge < -0.3 is 16.4 Å². The highest BCUT2D eigenvalue weighted by Gasteiger charge is 2.08. The Labute approximate surface area is 122 Å². The van der Waals surface area contributed by atoms with E-state index in [1.165, 1.54) is 0 Å². The molecular weight excluding hydrogens is 274 g/mol. The Morgan fingerprint density at radius 1 is 1.45 bits per heavy atom. The van der Waals surface area contributed by atoms with Gasteiger partial charge in [0.05, 0.1) is 11.4 Å². The van der Waals surface area contributed by atoms with Crippen molar-refractivity contribution >= 4 is 28.1 Å². The molecule has 1 aromatic carbocycles. The van der Waals surface area contributed by atoms with Crippen LogP contribution in [0.3, 0.4) is 0 Å². The fourth-order valence-electron chi connectivity index (χ4n) is 1.70. The maximum absolute atomic E-state index is 11.7. The fourth-order valence-corrected chi connectivity index (χ4v) is 2.15. The normalized spacial score (nSPS) is 13.6. The van der Waals surface area contributed by atoms with Crippen molar-refractivity contribution in [1.29, 1.82) is 0 Å². The molecule has 0 bridgehead atoms. The van der Waals surface area contributed by atoms with E-state index in [2.05, 4.69) is 10.6 Å². The lowest BCUT2D eigenvalue weighted by Crippen LogP contribution is -2.22. The molecule has 2 unspecified atom stereocenters. The highest BCUT2D eigenvalue weighted by Crippen LogP contribution is 2.20. The topological polar surface area (TPSA) is 84.2 Å². The molecule has 4 N–H and O–H groups in total. The number of nitrogens with one attached hydrogen (secondary N) is 2. The Hall–Kier alpha value is -1.56. The van der Waals surface area contributed by atoms with Crippen molar-refractivity contribution in [1.82, 2.24) is 5.32 Å². The van der Waals surface area contributed by atoms with Crippen LogP contribution in [0.15, 0.2) is 18.2 Å². The Kier molecular flexibility index (Phi) is 6.51. The van der Waals surface area contributed by atoms with Crippen LogP contribution in [0.25, 0.3) is 0 Å². The molecule has 2 atom stereocenters. The minimum atomic E-state index is -0.810. The van der Waals surface area contributed by atoms with Gasteiger partial charge in [-0.3, -0.25) is 9.00 Å². The molecule has 0 radical (unpaired) electrons. The van der Waals surface area contributed by atoms with Crippen LogP contribution in [0.4, 0.5) is 11.4 Å². The van der Waals surface area contributed by atoms with Gasteiger partial charge in [0.2, 0.25) is 0 Å². The Morgan fingerprint density at radius 3 is 2.70 bits per heavy atom. The number of rotatable bonds is 7. The van der Waals surface area contributed by atoms with E-state index in [4.69, 9.17) is 5.73 Å². The van der Waals surface area contributed by atoms with E-state index >= 15 is 0 Å². The Bertz CT molecular complexity index is 491. The van der Waals surface area contributed by atoms with Crippen LogP contribution in [-0.4, -0.2) is 34.7 Å². The van der Waals surface area contributed by atoms with Gasteiger partial charge in [-0.25, -0.2) is 0 Å². The van der Waals surface area contributed by atoms with Crippen LogP contribution in [0.1, 0.15) is 30.6 Å². The van der Waals surface area contributed by atoms with Gasteiger partial charge in [-0.05, 0) is 31.5 Å². The lowest BCUT2D eigenvalue weighted by molar-refractivity contribution is 0.0956. The molecule has 20 heavy (non-hydrogen) atoms. The van der Waals surface area contributed by atoms with Crippen LogP contribution < -0.4 is 16.4 Å². The third-order valence-electron chi connectivity index (χ3n) is 3.08. The van der Waals surface area contributed by atoms with Gasteiger partial charge in [0.1, 0.15) is 0 Å². The van der Waals surface area contributed by atoms with Crippen LogP contribution >= 0.6 is 0 Å². The molecule has 1 aromatic rings. The summed E-state index contributed by atoms with van der Waals surface area (Å²) in [5.41, 5.74) is 7.82. The van der Waals surface area contributed by atoms with Crippen LogP contribution in [0.5, 0.6) is 0 Å². The van der Waals surface area contributed by atoms with Gasteiger partial charge in [-0.2, -0.15) is 0 Å². The quantitative estimate of drug-likeness (QED) is 0.667. The molecule has 0 heterocycles. The minimum Gasteiger partial charge on any atom is -0.397 e. The predicted octanol–water partition coefficient (Wildman–Crippen LogP) is 1.59. The van der Waals surface area contributed by atoms with Crippen molar-refractivity contribution in [3.8, 4) is 0 Å². The van der Waals surface area contributed by atoms with Gasteiger partial charge >= 0.3 is 0 Å². The second-order valence-corrected chi connectivity index (χ2v) is 6.49. The van der Waals surface area contributed by atoms with E-state index in [-0.39, 0.29) is 11.2 Å². The molecule has 1 rings (SSSR count). The van der Waals surface area contributed by atoms with Gasteiger partial charge in [0, 0.05) is 41.0 Å². The standard InChI is InChI=1S/C14H23N3O2S/c1-4-16-14(18)11-5-6-13(12(15)9-11)17-8-7-10(2)20(3)19/h5-6,9-10,17H,4,7-8,15H2,1-3H3,(H,16,18). The van der Waals surface area contributed by atoms with Crippen molar-refractivity contribution < 1.29 is 9.00 Å². The molecule has 112 valence electrons. The summed E-state index contributed by atoms with van der Waals surface area (Å²) in [6.45, 7) is 5.12. The number of carbonyl (C=O) groups is 1. The number of hydrogen-bond acceptors (Lipinski definition) is 4. The number of nitrogens with two attached hydrogens (primary N) is 1. The number of carbonyl (C=O) groups excluding carboxylic acids is 1. The summed E-state index contributed by atoms with van der Waals surface area (Å²) in [6, 6.07) is 5.20. The summed E-state index contributed by atoms with van der Waals surface area (Å²) in [5.74, 6) is -0.124. The van der Waals surface area contributed by atoms with Crippen molar-refractivity contribution in [3.63, 3.8) is 0 Å². The molecular formula is C14H23N3O2S. The smallest absolute Gasteiger partial charge is 0.251 e. The molecule has 0 fully saturated rings. The molecule has 0 spiro atoms. The number of hydrogen-bond donors (Lipinski definition) is 3. The number of amides is 1. The molecule has 0 saturated carbocycles. The first-order valence-electron chi connectivity index (χ1n) is 6.69. The highest BCUT2D eigenvalue weighted by molar-refractivity contribution is 7.84. The average Bonchev–Trinajstić information content (AvgIpc) is 2.40. The van der Waals surface area contributed by atoms with Gasteiger partial charge in [0.15, 0.2) is 0 Å². The monoisotopic (exact) mass is 297 g/mol. The van der Waals surface area contributed by atoms with Crippen molar-refractivity contribution in [2.75, 3.05) is 30.4 Å². The first kappa shape index (κ1) is 16.5. The third kappa shape index (κ3) is 4.85. The zero-order valence-electron chi connectivity index (χ0n) is 12.2. The zero-order valence-corrected chi connectivity index (χ0v) is 13.0. The Morgan fingerprint density at radius 2 is 2.15 bits per heavy atom. The first-order valence-corrected chi connectivity index (χ1v) is 8.31. The molecule has 0 aliphatic carbocycles. The minimum absolute atomic E-state index is 0.124. The van der Waals surface area contributed by atoms with E-state index in [0.29, 0.717) is 24.3 Å². The predicted molar refractivity (Wildman–Crippen MR) is 85.5 cm³/mol. The zero-order chi connectivity index (χ0) is 15.1. The van der Waals surface area contributed by atoms with Crippen LogP contribution in [0.2, 0.25) is 0 Å². The molecule has 1 amide bonds. The van der Waals surface area contributed by atoms with Gasteiger partial charge in [-0.15, -0.1) is 0 Å². The van der Waals surface area contributed by atoms with E-state index in [1.807, 2.05) is 13.8 Å². The molecule has 0 saturated heterocycles. The summed E-state index contributed by atoms with van der Waals surface area (Å²) in [7, 11) is -0.810. The number of anilines is 2. The molecule has 6 heteroatoms. The van der Waals surface area contributed by atoms with Crippen LogP contribution in [-0.2, 0) is 10.8 Å². The summed E-state index contributed by atoms with van der Waals surface area (Å²) in [6.07, 6.45) is 2.51. The first-order chi connectivity index (χ1) is 9.45.